The van der Waals surface area contributed by atoms with Crippen LogP contribution in [0.2, 0.25) is 0 Å². The molecule has 0 spiro atoms. The molecule has 0 amide bonds. The first kappa shape index (κ1) is 19.6. The maximum atomic E-state index is 13.6. The minimum absolute atomic E-state index is 0.0330. The molecule has 1 rings (SSSR count). The average molecular weight is 339 g/mol. The predicted molar refractivity (Wildman–Crippen MR) is 86.3 cm³/mol. The van der Waals surface area contributed by atoms with Gasteiger partial charge in [-0.3, -0.25) is 0 Å². The van der Waals surface area contributed by atoms with Gasteiger partial charge >= 0.3 is 11.9 Å². The molecule has 0 aromatic heterocycles. The van der Waals surface area contributed by atoms with E-state index in [0.29, 0.717) is 5.56 Å². The highest BCUT2D eigenvalue weighted by molar-refractivity contribution is 6.42. The summed E-state index contributed by atoms with van der Waals surface area (Å²) in [6.45, 7) is 9.45. The van der Waals surface area contributed by atoms with Crippen LogP contribution in [0.15, 0.2) is 23.4 Å². The van der Waals surface area contributed by atoms with E-state index in [9.17, 15) is 19.1 Å². The molecule has 1 aromatic carbocycles. The molecule has 0 aliphatic carbocycles. The van der Waals surface area contributed by atoms with Crippen molar-refractivity contribution in [3.8, 4) is 0 Å². The molecule has 0 saturated heterocycles. The fourth-order valence-electron chi connectivity index (χ4n) is 1.55. The average Bonchev–Trinajstić information content (AvgIpc) is 2.40. The van der Waals surface area contributed by atoms with Gasteiger partial charge in [-0.2, -0.15) is 0 Å². The summed E-state index contributed by atoms with van der Waals surface area (Å²) in [6, 6.07) is 3.89. The van der Waals surface area contributed by atoms with Crippen LogP contribution >= 0.6 is 0 Å². The first-order valence-electron chi connectivity index (χ1n) is 7.33. The van der Waals surface area contributed by atoms with E-state index in [4.69, 9.17) is 9.57 Å². The number of aliphatic carboxylic acids is 1. The molecule has 0 aliphatic heterocycles. The van der Waals surface area contributed by atoms with Crippen molar-refractivity contribution in [2.75, 3.05) is 0 Å². The lowest BCUT2D eigenvalue weighted by molar-refractivity contribution is -0.179. The zero-order valence-corrected chi connectivity index (χ0v) is 14.6. The number of aryl methyl sites for hydroxylation is 1. The highest BCUT2D eigenvalue weighted by Crippen LogP contribution is 2.19. The Hall–Kier alpha value is -2.44. The van der Waals surface area contributed by atoms with E-state index >= 15 is 0 Å². The Bertz CT molecular complexity index is 674. The van der Waals surface area contributed by atoms with Crippen LogP contribution in [0.5, 0.6) is 0 Å². The molecule has 0 saturated carbocycles. The van der Waals surface area contributed by atoms with Crippen LogP contribution in [0.25, 0.3) is 0 Å². The molecule has 0 unspecified atom stereocenters. The standard InChI is InChI=1S/C17H22FNO5/c1-10-7-8-11(9-12(10)18)13(14(20)21)19-24-17(5,6)15(22)23-16(2,3)4/h7-9H,1-6H3,(H,20,21)/b19-13-. The molecule has 7 heteroatoms. The van der Waals surface area contributed by atoms with Gasteiger partial charge < -0.3 is 14.7 Å². The summed E-state index contributed by atoms with van der Waals surface area (Å²) in [6.07, 6.45) is 0. The third-order valence-corrected chi connectivity index (χ3v) is 2.90. The monoisotopic (exact) mass is 339 g/mol. The number of ether oxygens (including phenoxy) is 1. The largest absolute Gasteiger partial charge is 0.476 e. The summed E-state index contributed by atoms with van der Waals surface area (Å²) >= 11 is 0. The van der Waals surface area contributed by atoms with Crippen LogP contribution in [-0.4, -0.2) is 34.0 Å². The van der Waals surface area contributed by atoms with Crippen LogP contribution in [0.1, 0.15) is 45.7 Å². The molecule has 0 fully saturated rings. The third kappa shape index (κ3) is 5.33. The summed E-state index contributed by atoms with van der Waals surface area (Å²) in [7, 11) is 0. The minimum Gasteiger partial charge on any atom is -0.476 e. The van der Waals surface area contributed by atoms with Crippen molar-refractivity contribution in [2.45, 2.75) is 52.7 Å². The Kier molecular flexibility index (Phi) is 5.71. The second kappa shape index (κ2) is 6.98. The molecule has 1 aromatic rings. The Morgan fingerprint density at radius 2 is 1.75 bits per heavy atom. The maximum Gasteiger partial charge on any atom is 0.358 e. The van der Waals surface area contributed by atoms with Gasteiger partial charge in [0.25, 0.3) is 0 Å². The molecule has 24 heavy (non-hydrogen) atoms. The number of carboxylic acids is 1. The molecular formula is C17H22FNO5. The van der Waals surface area contributed by atoms with Crippen molar-refractivity contribution < 1.29 is 28.7 Å². The fourth-order valence-corrected chi connectivity index (χ4v) is 1.55. The highest BCUT2D eigenvalue weighted by atomic mass is 19.1. The quantitative estimate of drug-likeness (QED) is 0.506. The summed E-state index contributed by atoms with van der Waals surface area (Å²) in [5.74, 6) is -2.66. The first-order valence-corrected chi connectivity index (χ1v) is 7.33. The lowest BCUT2D eigenvalue weighted by Crippen LogP contribution is -2.40. The molecule has 1 N–H and O–H groups in total. The maximum absolute atomic E-state index is 13.6. The van der Waals surface area contributed by atoms with Gasteiger partial charge in [0, 0.05) is 5.56 Å². The topological polar surface area (TPSA) is 85.2 Å². The van der Waals surface area contributed by atoms with Crippen LogP contribution in [0, 0.1) is 12.7 Å². The van der Waals surface area contributed by atoms with E-state index in [1.165, 1.54) is 26.0 Å². The van der Waals surface area contributed by atoms with Crippen molar-refractivity contribution >= 4 is 17.7 Å². The van der Waals surface area contributed by atoms with E-state index in [1.54, 1.807) is 27.7 Å². The van der Waals surface area contributed by atoms with Crippen molar-refractivity contribution in [3.63, 3.8) is 0 Å². The molecule has 6 nitrogen and oxygen atoms in total. The number of carboxylic acid groups (broad SMARTS) is 1. The Balaban J connectivity index is 3.07. The van der Waals surface area contributed by atoms with Gasteiger partial charge in [0.05, 0.1) is 0 Å². The van der Waals surface area contributed by atoms with E-state index in [0.717, 1.165) is 6.07 Å². The van der Waals surface area contributed by atoms with Gasteiger partial charge in [-0.15, -0.1) is 0 Å². The number of oxime groups is 1. The predicted octanol–water partition coefficient (Wildman–Crippen LogP) is 3.06. The molecule has 0 atom stereocenters. The second-order valence-electron chi connectivity index (χ2n) is 6.81. The zero-order valence-electron chi connectivity index (χ0n) is 14.6. The van der Waals surface area contributed by atoms with E-state index in [-0.39, 0.29) is 5.56 Å². The van der Waals surface area contributed by atoms with E-state index in [2.05, 4.69) is 5.16 Å². The van der Waals surface area contributed by atoms with Crippen LogP contribution in [0.4, 0.5) is 4.39 Å². The van der Waals surface area contributed by atoms with Crippen LogP contribution < -0.4 is 0 Å². The van der Waals surface area contributed by atoms with Crippen molar-refractivity contribution in [2.24, 2.45) is 5.16 Å². The molecular weight excluding hydrogens is 317 g/mol. The van der Waals surface area contributed by atoms with Gasteiger partial charge in [0.1, 0.15) is 11.4 Å². The highest BCUT2D eigenvalue weighted by Gasteiger charge is 2.35. The van der Waals surface area contributed by atoms with E-state index in [1.807, 2.05) is 0 Å². The number of carbonyl (C=O) groups excluding carboxylic acids is 1. The Labute approximate surface area is 140 Å². The van der Waals surface area contributed by atoms with E-state index < -0.39 is 34.7 Å². The fraction of sp³-hybridized carbons (Fsp3) is 0.471. The molecule has 132 valence electrons. The summed E-state index contributed by atoms with van der Waals surface area (Å²) in [4.78, 5) is 28.5. The Morgan fingerprint density at radius 1 is 1.17 bits per heavy atom. The van der Waals surface area contributed by atoms with Gasteiger partial charge in [0.2, 0.25) is 5.60 Å². The van der Waals surface area contributed by atoms with Crippen molar-refractivity contribution in [3.05, 3.63) is 35.1 Å². The SMILES string of the molecule is Cc1ccc(/C(=N/OC(C)(C)C(=O)OC(C)(C)C)C(=O)O)cc1F. The van der Waals surface area contributed by atoms with Gasteiger partial charge in [-0.25, -0.2) is 14.0 Å². The summed E-state index contributed by atoms with van der Waals surface area (Å²) in [5, 5.41) is 12.8. The summed E-state index contributed by atoms with van der Waals surface area (Å²) < 4.78 is 18.8. The number of nitrogens with zero attached hydrogens (tertiary/aromatic N) is 1. The van der Waals surface area contributed by atoms with Gasteiger partial charge in [0.15, 0.2) is 5.71 Å². The number of carbonyl (C=O) groups is 2. The number of hydrogen-bond donors (Lipinski definition) is 1. The lowest BCUT2D eigenvalue weighted by atomic mass is 10.1. The molecule has 0 aliphatic rings. The molecule has 0 radical (unpaired) electrons. The number of esters is 1. The zero-order chi connectivity index (χ0) is 18.7. The summed E-state index contributed by atoms with van der Waals surface area (Å²) in [5.41, 5.74) is -2.33. The first-order chi connectivity index (χ1) is 10.8. The normalized spacial score (nSPS) is 12.7. The smallest absolute Gasteiger partial charge is 0.358 e. The van der Waals surface area contributed by atoms with Crippen molar-refractivity contribution in [1.29, 1.82) is 0 Å². The molecule has 0 bridgehead atoms. The van der Waals surface area contributed by atoms with Gasteiger partial charge in [-0.1, -0.05) is 17.3 Å². The Morgan fingerprint density at radius 3 is 2.21 bits per heavy atom. The minimum atomic E-state index is -1.50. The number of rotatable bonds is 5. The molecule has 0 heterocycles. The van der Waals surface area contributed by atoms with Crippen molar-refractivity contribution in [1.82, 2.24) is 0 Å². The second-order valence-corrected chi connectivity index (χ2v) is 6.81. The van der Waals surface area contributed by atoms with Crippen LogP contribution in [0.3, 0.4) is 0 Å². The van der Waals surface area contributed by atoms with Gasteiger partial charge in [-0.05, 0) is 53.2 Å². The third-order valence-electron chi connectivity index (χ3n) is 2.90. The lowest BCUT2D eigenvalue weighted by Gasteiger charge is -2.26. The van der Waals surface area contributed by atoms with Crippen LogP contribution in [-0.2, 0) is 19.2 Å². The number of benzene rings is 1. The number of halogens is 1. The number of hydrogen-bond acceptors (Lipinski definition) is 5.